The molecular formula is C14H21ClN4. The van der Waals surface area contributed by atoms with Crippen LogP contribution in [0.4, 0.5) is 5.95 Å². The van der Waals surface area contributed by atoms with E-state index in [0.29, 0.717) is 16.9 Å². The van der Waals surface area contributed by atoms with Crippen LogP contribution >= 0.6 is 11.6 Å². The molecular weight excluding hydrogens is 260 g/mol. The van der Waals surface area contributed by atoms with E-state index in [1.54, 1.807) is 0 Å². The lowest BCUT2D eigenvalue weighted by atomic mass is 10.0. The van der Waals surface area contributed by atoms with Crippen LogP contribution in [0.5, 0.6) is 0 Å². The van der Waals surface area contributed by atoms with E-state index in [1.807, 2.05) is 18.2 Å². The maximum absolute atomic E-state index is 6.11. The number of nitrogen functional groups attached to an aromatic ring is 1. The Hall–Kier alpha value is -1.26. The number of nitrogens with two attached hydrogens (primary N) is 1. The Balaban J connectivity index is 2.57. The summed E-state index contributed by atoms with van der Waals surface area (Å²) >= 11 is 6.10. The van der Waals surface area contributed by atoms with Crippen LogP contribution in [0.3, 0.4) is 0 Å². The number of rotatable bonds is 4. The van der Waals surface area contributed by atoms with Gasteiger partial charge in [0.2, 0.25) is 5.95 Å². The summed E-state index contributed by atoms with van der Waals surface area (Å²) in [4.78, 5) is 6.60. The minimum absolute atomic E-state index is 0.276. The largest absolute Gasteiger partial charge is 0.369 e. The Morgan fingerprint density at radius 1 is 1.37 bits per heavy atom. The summed E-state index contributed by atoms with van der Waals surface area (Å²) in [6.07, 6.45) is 0. The van der Waals surface area contributed by atoms with Crippen molar-refractivity contribution < 1.29 is 0 Å². The molecule has 4 nitrogen and oxygen atoms in total. The first-order valence-electron chi connectivity index (χ1n) is 6.48. The highest BCUT2D eigenvalue weighted by Crippen LogP contribution is 2.29. The molecule has 104 valence electrons. The van der Waals surface area contributed by atoms with Crippen molar-refractivity contribution in [1.29, 1.82) is 0 Å². The van der Waals surface area contributed by atoms with Crippen molar-refractivity contribution in [2.45, 2.75) is 19.9 Å². The van der Waals surface area contributed by atoms with Crippen LogP contribution in [0.15, 0.2) is 18.2 Å². The molecule has 5 heteroatoms. The second-order valence-electron chi connectivity index (χ2n) is 5.55. The van der Waals surface area contributed by atoms with Gasteiger partial charge in [0.05, 0.1) is 17.1 Å². The molecule has 1 aromatic carbocycles. The average Bonchev–Trinajstić information content (AvgIpc) is 2.61. The molecule has 0 aliphatic heterocycles. The molecule has 0 bridgehead atoms. The van der Waals surface area contributed by atoms with Gasteiger partial charge in [0.25, 0.3) is 0 Å². The van der Waals surface area contributed by atoms with Gasteiger partial charge in [-0.2, -0.15) is 0 Å². The number of aromatic nitrogens is 2. The number of hydrogen-bond acceptors (Lipinski definition) is 3. The van der Waals surface area contributed by atoms with E-state index in [1.165, 1.54) is 0 Å². The lowest BCUT2D eigenvalue weighted by Gasteiger charge is -2.27. The van der Waals surface area contributed by atoms with E-state index in [9.17, 15) is 0 Å². The lowest BCUT2D eigenvalue weighted by Crippen LogP contribution is -2.28. The third-order valence-corrected chi connectivity index (χ3v) is 3.57. The maximum Gasteiger partial charge on any atom is 0.201 e. The molecule has 1 unspecified atom stereocenters. The standard InChI is InChI=1S/C14H21ClN4/c1-9(2)13(8-18(3)4)19-12-7-10(15)5-6-11(12)17-14(19)16/h5-7,9,13H,8H2,1-4H3,(H2,16,17). The number of anilines is 1. The van der Waals surface area contributed by atoms with Crippen molar-refractivity contribution in [3.8, 4) is 0 Å². The Kier molecular flexibility index (Phi) is 4.02. The summed E-state index contributed by atoms with van der Waals surface area (Å²) in [5.41, 5.74) is 8.01. The van der Waals surface area contributed by atoms with E-state index >= 15 is 0 Å². The first-order valence-corrected chi connectivity index (χ1v) is 6.85. The Labute approximate surface area is 119 Å². The first-order chi connectivity index (χ1) is 8.90. The van der Waals surface area contributed by atoms with E-state index in [-0.39, 0.29) is 6.04 Å². The monoisotopic (exact) mass is 280 g/mol. The van der Waals surface area contributed by atoms with Gasteiger partial charge in [-0.1, -0.05) is 25.4 Å². The molecule has 0 radical (unpaired) electrons. The van der Waals surface area contributed by atoms with Crippen molar-refractivity contribution in [1.82, 2.24) is 14.5 Å². The van der Waals surface area contributed by atoms with Crippen LogP contribution in [-0.2, 0) is 0 Å². The minimum Gasteiger partial charge on any atom is -0.369 e. The molecule has 2 aromatic rings. The summed E-state index contributed by atoms with van der Waals surface area (Å²) < 4.78 is 2.10. The molecule has 2 rings (SSSR count). The quantitative estimate of drug-likeness (QED) is 0.936. The van der Waals surface area contributed by atoms with Crippen molar-refractivity contribution in [2.75, 3.05) is 26.4 Å². The van der Waals surface area contributed by atoms with E-state index in [0.717, 1.165) is 17.6 Å². The van der Waals surface area contributed by atoms with Crippen molar-refractivity contribution in [3.63, 3.8) is 0 Å². The smallest absolute Gasteiger partial charge is 0.201 e. The van der Waals surface area contributed by atoms with E-state index in [2.05, 4.69) is 42.4 Å². The summed E-state index contributed by atoms with van der Waals surface area (Å²) in [5.74, 6) is 1.01. The Morgan fingerprint density at radius 2 is 2.05 bits per heavy atom. The first kappa shape index (κ1) is 14.2. The van der Waals surface area contributed by atoms with E-state index in [4.69, 9.17) is 17.3 Å². The molecule has 1 atom stereocenters. The van der Waals surface area contributed by atoms with Gasteiger partial charge < -0.3 is 15.2 Å². The van der Waals surface area contributed by atoms with Gasteiger partial charge in [-0.05, 0) is 38.2 Å². The molecule has 1 heterocycles. The fourth-order valence-corrected chi connectivity index (χ4v) is 2.56. The zero-order valence-electron chi connectivity index (χ0n) is 11.9. The van der Waals surface area contributed by atoms with Crippen LogP contribution < -0.4 is 5.73 Å². The molecule has 0 spiro atoms. The normalized spacial score (nSPS) is 13.6. The van der Waals surface area contributed by atoms with Crippen LogP contribution in [0.1, 0.15) is 19.9 Å². The van der Waals surface area contributed by atoms with Crippen LogP contribution in [0.2, 0.25) is 5.02 Å². The average molecular weight is 281 g/mol. The van der Waals surface area contributed by atoms with Crippen molar-refractivity contribution in [3.05, 3.63) is 23.2 Å². The Morgan fingerprint density at radius 3 is 2.63 bits per heavy atom. The molecule has 0 fully saturated rings. The van der Waals surface area contributed by atoms with Crippen LogP contribution in [0.25, 0.3) is 11.0 Å². The van der Waals surface area contributed by atoms with Crippen molar-refractivity contribution in [2.24, 2.45) is 5.92 Å². The van der Waals surface area contributed by atoms with Gasteiger partial charge >= 0.3 is 0 Å². The molecule has 1 aromatic heterocycles. The molecule has 0 aliphatic rings. The van der Waals surface area contributed by atoms with Crippen molar-refractivity contribution >= 4 is 28.6 Å². The fraction of sp³-hybridized carbons (Fsp3) is 0.500. The second-order valence-corrected chi connectivity index (χ2v) is 5.98. The highest BCUT2D eigenvalue weighted by atomic mass is 35.5. The highest BCUT2D eigenvalue weighted by Gasteiger charge is 2.21. The zero-order chi connectivity index (χ0) is 14.2. The third kappa shape index (κ3) is 2.85. The number of fused-ring (bicyclic) bond motifs is 1. The number of halogens is 1. The van der Waals surface area contributed by atoms with E-state index < -0.39 is 0 Å². The van der Waals surface area contributed by atoms with Gasteiger partial charge in [0.1, 0.15) is 0 Å². The highest BCUT2D eigenvalue weighted by molar-refractivity contribution is 6.31. The predicted octanol–water partition coefficient (Wildman–Crippen LogP) is 3.03. The van der Waals surface area contributed by atoms with Gasteiger partial charge in [0, 0.05) is 11.6 Å². The van der Waals surface area contributed by atoms with Gasteiger partial charge in [-0.3, -0.25) is 0 Å². The molecule has 2 N–H and O–H groups in total. The lowest BCUT2D eigenvalue weighted by molar-refractivity contribution is 0.275. The molecule has 19 heavy (non-hydrogen) atoms. The molecule has 0 amide bonds. The number of benzene rings is 1. The minimum atomic E-state index is 0.276. The predicted molar refractivity (Wildman–Crippen MR) is 81.6 cm³/mol. The molecule has 0 saturated carbocycles. The van der Waals surface area contributed by atoms with Crippen LogP contribution in [-0.4, -0.2) is 35.1 Å². The van der Waals surface area contributed by atoms with Gasteiger partial charge in [-0.25, -0.2) is 4.98 Å². The number of likely N-dealkylation sites (N-methyl/N-ethyl adjacent to an activating group) is 1. The number of hydrogen-bond donors (Lipinski definition) is 1. The number of imidazole rings is 1. The van der Waals surface area contributed by atoms with Gasteiger partial charge in [-0.15, -0.1) is 0 Å². The number of nitrogens with zero attached hydrogens (tertiary/aromatic N) is 3. The summed E-state index contributed by atoms with van der Waals surface area (Å²) in [5, 5.41) is 0.709. The zero-order valence-corrected chi connectivity index (χ0v) is 12.6. The Bertz CT molecular complexity index is 574. The van der Waals surface area contributed by atoms with Gasteiger partial charge in [0.15, 0.2) is 0 Å². The van der Waals surface area contributed by atoms with Crippen LogP contribution in [0, 0.1) is 5.92 Å². The maximum atomic E-state index is 6.11. The SMILES string of the molecule is CC(C)C(CN(C)C)n1c(N)nc2ccc(Cl)cc21. The molecule has 0 saturated heterocycles. The summed E-state index contributed by atoms with van der Waals surface area (Å²) in [7, 11) is 4.13. The topological polar surface area (TPSA) is 47.1 Å². The summed E-state index contributed by atoms with van der Waals surface area (Å²) in [6, 6.07) is 5.97. The second kappa shape index (κ2) is 5.39. The fourth-order valence-electron chi connectivity index (χ4n) is 2.40. The summed E-state index contributed by atoms with van der Waals surface area (Å²) in [6.45, 7) is 5.31. The molecule has 0 aliphatic carbocycles. The third-order valence-electron chi connectivity index (χ3n) is 3.33.